The normalized spacial score (nSPS) is 11.3. The predicted molar refractivity (Wildman–Crippen MR) is 89.5 cm³/mol. The molecule has 21 heavy (non-hydrogen) atoms. The maximum Gasteiger partial charge on any atom is 0.271 e. The highest BCUT2D eigenvalue weighted by atomic mass is 32.1. The molecule has 0 unspecified atom stereocenters. The Morgan fingerprint density at radius 1 is 1.14 bits per heavy atom. The highest BCUT2D eigenvalue weighted by molar-refractivity contribution is 7.14. The van der Waals surface area contributed by atoms with Crippen LogP contribution in [-0.4, -0.2) is 25.7 Å². The monoisotopic (exact) mass is 301 g/mol. The molecule has 1 heterocycles. The lowest BCUT2D eigenvalue weighted by Crippen LogP contribution is -2.19. The van der Waals surface area contributed by atoms with E-state index in [-0.39, 0.29) is 5.91 Å². The quantitative estimate of drug-likeness (QED) is 0.696. The Morgan fingerprint density at radius 3 is 2.33 bits per heavy atom. The van der Waals surface area contributed by atoms with Crippen molar-refractivity contribution in [2.45, 2.75) is 13.8 Å². The topological polar surface area (TPSA) is 44.7 Å². The van der Waals surface area contributed by atoms with Crippen LogP contribution in [0.4, 0.5) is 5.69 Å². The third-order valence-electron chi connectivity index (χ3n) is 3.07. The summed E-state index contributed by atoms with van der Waals surface area (Å²) in [5, 5.41) is 4.16. The highest BCUT2D eigenvalue weighted by Crippen LogP contribution is 2.16. The maximum atomic E-state index is 12.0. The van der Waals surface area contributed by atoms with Crippen molar-refractivity contribution in [3.05, 3.63) is 51.7 Å². The second-order valence-electron chi connectivity index (χ2n) is 4.99. The Morgan fingerprint density at radius 2 is 1.81 bits per heavy atom. The molecule has 0 aliphatic heterocycles. The number of hydrazone groups is 1. The Labute approximate surface area is 129 Å². The average Bonchev–Trinajstić information content (AvgIpc) is 2.91. The summed E-state index contributed by atoms with van der Waals surface area (Å²) in [4.78, 5) is 16.3. The van der Waals surface area contributed by atoms with Gasteiger partial charge in [-0.1, -0.05) is 0 Å². The van der Waals surface area contributed by atoms with Gasteiger partial charge in [0.2, 0.25) is 0 Å². The van der Waals surface area contributed by atoms with E-state index in [9.17, 15) is 4.79 Å². The van der Waals surface area contributed by atoms with Crippen LogP contribution >= 0.6 is 11.3 Å². The summed E-state index contributed by atoms with van der Waals surface area (Å²) < 4.78 is 0. The van der Waals surface area contributed by atoms with Gasteiger partial charge in [0.15, 0.2) is 0 Å². The molecule has 0 radical (unpaired) electrons. The van der Waals surface area contributed by atoms with Crippen molar-refractivity contribution in [2.24, 2.45) is 5.10 Å². The maximum absolute atomic E-state index is 12.0. The molecule has 110 valence electrons. The molecule has 1 aromatic carbocycles. The van der Waals surface area contributed by atoms with Crippen molar-refractivity contribution in [3.8, 4) is 0 Å². The van der Waals surface area contributed by atoms with Gasteiger partial charge in [0.1, 0.15) is 0 Å². The number of hydrogen-bond acceptors (Lipinski definition) is 4. The molecule has 0 aliphatic rings. The molecule has 0 bridgehead atoms. The molecule has 2 rings (SSSR count). The minimum atomic E-state index is -0.201. The number of rotatable bonds is 4. The van der Waals surface area contributed by atoms with Crippen LogP contribution < -0.4 is 10.3 Å². The van der Waals surface area contributed by atoms with Gasteiger partial charge < -0.3 is 4.90 Å². The predicted octanol–water partition coefficient (Wildman–Crippen LogP) is 3.28. The number of carbonyl (C=O) groups excluding carboxylic acids is 1. The molecular formula is C16H19N3OS. The fourth-order valence-corrected chi connectivity index (χ4v) is 2.61. The molecule has 2 aromatic rings. The molecule has 0 saturated carbocycles. The third kappa shape index (κ3) is 3.92. The lowest BCUT2D eigenvalue weighted by Gasteiger charge is -2.12. The molecule has 0 saturated heterocycles. The lowest BCUT2D eigenvalue weighted by molar-refractivity contribution is 0.0955. The van der Waals surface area contributed by atoms with Crippen LogP contribution in [-0.2, 0) is 0 Å². The van der Waals surface area contributed by atoms with Gasteiger partial charge >= 0.3 is 0 Å². The SMILES string of the molecule is C/C(=N\NC(=O)c1ccc(N(C)C)cc1)c1ccc(C)s1. The van der Waals surface area contributed by atoms with E-state index in [1.807, 2.05) is 57.1 Å². The summed E-state index contributed by atoms with van der Waals surface area (Å²) in [6, 6.07) is 11.5. The van der Waals surface area contributed by atoms with Gasteiger partial charge in [-0.3, -0.25) is 4.79 Å². The summed E-state index contributed by atoms with van der Waals surface area (Å²) in [7, 11) is 3.93. The van der Waals surface area contributed by atoms with Gasteiger partial charge in [0, 0.05) is 30.2 Å². The van der Waals surface area contributed by atoms with Crippen molar-refractivity contribution in [2.75, 3.05) is 19.0 Å². The van der Waals surface area contributed by atoms with Crippen LogP contribution in [0.25, 0.3) is 0 Å². The number of anilines is 1. The zero-order chi connectivity index (χ0) is 15.4. The average molecular weight is 301 g/mol. The van der Waals surface area contributed by atoms with E-state index in [2.05, 4.69) is 10.5 Å². The molecule has 1 aromatic heterocycles. The van der Waals surface area contributed by atoms with Crippen molar-refractivity contribution < 1.29 is 4.79 Å². The molecule has 1 amide bonds. The molecule has 0 atom stereocenters. The standard InChI is InChI=1S/C16H19N3OS/c1-11-5-10-15(21-11)12(2)17-18-16(20)13-6-8-14(9-7-13)19(3)4/h5-10H,1-4H3,(H,18,20)/b17-12+. The molecule has 5 heteroatoms. The van der Waals surface area contributed by atoms with Crippen molar-refractivity contribution in [3.63, 3.8) is 0 Å². The van der Waals surface area contributed by atoms with Gasteiger partial charge in [0.25, 0.3) is 5.91 Å². The van der Waals surface area contributed by atoms with Crippen LogP contribution in [0, 0.1) is 6.92 Å². The van der Waals surface area contributed by atoms with Crippen molar-refractivity contribution >= 4 is 28.6 Å². The van der Waals surface area contributed by atoms with Gasteiger partial charge in [-0.2, -0.15) is 5.10 Å². The van der Waals surface area contributed by atoms with E-state index in [0.717, 1.165) is 16.3 Å². The highest BCUT2D eigenvalue weighted by Gasteiger charge is 2.06. The van der Waals surface area contributed by atoms with Gasteiger partial charge in [-0.15, -0.1) is 11.3 Å². The second kappa shape index (κ2) is 6.54. The minimum absolute atomic E-state index is 0.201. The van der Waals surface area contributed by atoms with E-state index in [0.29, 0.717) is 5.56 Å². The largest absolute Gasteiger partial charge is 0.378 e. The Kier molecular flexibility index (Phi) is 4.75. The summed E-state index contributed by atoms with van der Waals surface area (Å²) >= 11 is 1.66. The number of amides is 1. The third-order valence-corrected chi connectivity index (χ3v) is 4.18. The van der Waals surface area contributed by atoms with Crippen LogP contribution in [0.15, 0.2) is 41.5 Å². The number of aryl methyl sites for hydroxylation is 1. The van der Waals surface area contributed by atoms with E-state index < -0.39 is 0 Å². The first-order valence-electron chi connectivity index (χ1n) is 6.66. The summed E-state index contributed by atoms with van der Waals surface area (Å²) in [6.07, 6.45) is 0. The van der Waals surface area contributed by atoms with Gasteiger partial charge in [-0.25, -0.2) is 5.43 Å². The molecule has 0 aliphatic carbocycles. The number of benzene rings is 1. The van der Waals surface area contributed by atoms with E-state index in [1.165, 1.54) is 4.88 Å². The number of thiophene rings is 1. The first-order valence-corrected chi connectivity index (χ1v) is 7.48. The van der Waals surface area contributed by atoms with Crippen LogP contribution in [0.2, 0.25) is 0 Å². The fourth-order valence-electron chi connectivity index (χ4n) is 1.79. The Bertz CT molecular complexity index is 656. The Hall–Kier alpha value is -2.14. The molecule has 1 N–H and O–H groups in total. The van der Waals surface area contributed by atoms with Crippen LogP contribution in [0.1, 0.15) is 27.0 Å². The Balaban J connectivity index is 2.04. The smallest absolute Gasteiger partial charge is 0.271 e. The first kappa shape index (κ1) is 15.3. The first-order chi connectivity index (χ1) is 9.97. The van der Waals surface area contributed by atoms with Gasteiger partial charge in [-0.05, 0) is 50.2 Å². The molecular weight excluding hydrogens is 282 g/mol. The molecule has 0 spiro atoms. The summed E-state index contributed by atoms with van der Waals surface area (Å²) in [6.45, 7) is 3.94. The fraction of sp³-hybridized carbons (Fsp3) is 0.250. The summed E-state index contributed by atoms with van der Waals surface area (Å²) in [5.41, 5.74) is 5.06. The molecule has 0 fully saturated rings. The van der Waals surface area contributed by atoms with Crippen LogP contribution in [0.5, 0.6) is 0 Å². The number of carbonyl (C=O) groups is 1. The molecule has 4 nitrogen and oxygen atoms in total. The summed E-state index contributed by atoms with van der Waals surface area (Å²) in [5.74, 6) is -0.201. The van der Waals surface area contributed by atoms with Crippen molar-refractivity contribution in [1.82, 2.24) is 5.43 Å². The number of hydrogen-bond donors (Lipinski definition) is 1. The van der Waals surface area contributed by atoms with E-state index >= 15 is 0 Å². The van der Waals surface area contributed by atoms with E-state index in [4.69, 9.17) is 0 Å². The van der Waals surface area contributed by atoms with Gasteiger partial charge in [0.05, 0.1) is 10.6 Å². The zero-order valence-electron chi connectivity index (χ0n) is 12.7. The minimum Gasteiger partial charge on any atom is -0.378 e. The van der Waals surface area contributed by atoms with E-state index in [1.54, 1.807) is 23.5 Å². The second-order valence-corrected chi connectivity index (χ2v) is 6.28. The van der Waals surface area contributed by atoms with Crippen molar-refractivity contribution in [1.29, 1.82) is 0 Å². The number of nitrogens with zero attached hydrogens (tertiary/aromatic N) is 2. The lowest BCUT2D eigenvalue weighted by atomic mass is 10.2. The van der Waals surface area contributed by atoms with Crippen LogP contribution in [0.3, 0.4) is 0 Å². The number of nitrogens with one attached hydrogen (secondary N) is 1. The zero-order valence-corrected chi connectivity index (χ0v) is 13.5.